The lowest BCUT2D eigenvalue weighted by molar-refractivity contribution is -0.121. The molecule has 34 heavy (non-hydrogen) atoms. The van der Waals surface area contributed by atoms with Crippen molar-refractivity contribution in [3.05, 3.63) is 88.4 Å². The van der Waals surface area contributed by atoms with Crippen LogP contribution in [0.1, 0.15) is 18.4 Å². The molecular weight excluding hydrogens is 493 g/mol. The number of carbonyl (C=O) groups is 1. The highest BCUT2D eigenvalue weighted by Crippen LogP contribution is 2.25. The van der Waals surface area contributed by atoms with Gasteiger partial charge in [0.1, 0.15) is 0 Å². The molecule has 3 aromatic rings. The highest BCUT2D eigenvalue weighted by molar-refractivity contribution is 7.92. The number of hydrogen-bond donors (Lipinski definition) is 2. The Bertz CT molecular complexity index is 1260. The van der Waals surface area contributed by atoms with E-state index in [-0.39, 0.29) is 16.7 Å². The first-order valence-electron chi connectivity index (χ1n) is 11.0. The summed E-state index contributed by atoms with van der Waals surface area (Å²) in [5.41, 5.74) is 2.03. The van der Waals surface area contributed by atoms with Gasteiger partial charge < -0.3 is 5.32 Å². The zero-order chi connectivity index (χ0) is 24.1. The number of anilines is 2. The molecule has 0 atom stereocenters. The van der Waals surface area contributed by atoms with Gasteiger partial charge in [0.15, 0.2) is 0 Å². The third-order valence-corrected chi connectivity index (χ3v) is 7.75. The number of nitrogens with one attached hydrogen (secondary N) is 2. The molecule has 4 rings (SSSR count). The molecule has 1 saturated heterocycles. The van der Waals surface area contributed by atoms with E-state index < -0.39 is 10.0 Å². The number of nitrogens with zero attached hydrogens (tertiary/aromatic N) is 1. The highest BCUT2D eigenvalue weighted by atomic mass is 35.5. The van der Waals surface area contributed by atoms with Gasteiger partial charge in [-0.1, -0.05) is 47.5 Å². The number of piperidine rings is 1. The summed E-state index contributed by atoms with van der Waals surface area (Å²) in [4.78, 5) is 15.1. The molecule has 1 fully saturated rings. The summed E-state index contributed by atoms with van der Waals surface area (Å²) < 4.78 is 27.8. The number of halogens is 2. The lowest BCUT2D eigenvalue weighted by Crippen LogP contribution is -2.37. The van der Waals surface area contributed by atoms with Crippen molar-refractivity contribution in [1.29, 1.82) is 0 Å². The average molecular weight is 518 g/mol. The van der Waals surface area contributed by atoms with Crippen molar-refractivity contribution in [1.82, 2.24) is 4.90 Å². The Morgan fingerprint density at radius 3 is 2.32 bits per heavy atom. The summed E-state index contributed by atoms with van der Waals surface area (Å²) in [5.74, 6) is -0.131. The first-order chi connectivity index (χ1) is 16.3. The lowest BCUT2D eigenvalue weighted by Gasteiger charge is -2.31. The van der Waals surface area contributed by atoms with Crippen LogP contribution in [0.4, 0.5) is 11.4 Å². The fraction of sp³-hybridized carbons (Fsp3) is 0.240. The topological polar surface area (TPSA) is 78.5 Å². The first kappa shape index (κ1) is 24.5. The van der Waals surface area contributed by atoms with Crippen molar-refractivity contribution in [3.8, 4) is 0 Å². The second-order valence-corrected chi connectivity index (χ2v) is 10.8. The van der Waals surface area contributed by atoms with E-state index in [0.717, 1.165) is 43.1 Å². The fourth-order valence-electron chi connectivity index (χ4n) is 3.96. The van der Waals surface area contributed by atoms with E-state index in [0.29, 0.717) is 16.4 Å². The van der Waals surface area contributed by atoms with Crippen LogP contribution in [0.2, 0.25) is 10.0 Å². The zero-order valence-corrected chi connectivity index (χ0v) is 20.7. The number of sulfonamides is 1. The van der Waals surface area contributed by atoms with Gasteiger partial charge in [-0.15, -0.1) is 0 Å². The largest absolute Gasteiger partial charge is 0.326 e. The molecule has 3 aromatic carbocycles. The molecule has 9 heteroatoms. The minimum Gasteiger partial charge on any atom is -0.326 e. The van der Waals surface area contributed by atoms with Crippen molar-refractivity contribution in [2.75, 3.05) is 23.1 Å². The summed E-state index contributed by atoms with van der Waals surface area (Å²) in [6, 6.07) is 20.6. The Hall–Kier alpha value is -2.58. The standard InChI is InChI=1S/C25H25Cl2N3O3S/c26-20-5-3-4-18(16-20)17-30-14-12-19(13-15-30)25(31)28-21-8-10-22(11-9-21)34(32,33)29-24-7-2-1-6-23(24)27/h1-11,16,19,29H,12-15,17H2,(H,28,31). The minimum absolute atomic E-state index is 0.0489. The predicted octanol–water partition coefficient (Wildman–Crippen LogP) is 5.64. The van der Waals surface area contributed by atoms with Gasteiger partial charge in [0.05, 0.1) is 15.6 Å². The van der Waals surface area contributed by atoms with Crippen LogP contribution in [0.5, 0.6) is 0 Å². The van der Waals surface area contributed by atoms with Crippen molar-refractivity contribution >= 4 is 50.5 Å². The SMILES string of the molecule is O=C(Nc1ccc(S(=O)(=O)Nc2ccccc2Cl)cc1)C1CCN(Cc2cccc(Cl)c2)CC1. The summed E-state index contributed by atoms with van der Waals surface area (Å²) >= 11 is 12.1. The zero-order valence-electron chi connectivity index (χ0n) is 18.4. The van der Waals surface area contributed by atoms with Crippen LogP contribution in [-0.2, 0) is 21.4 Å². The molecule has 1 amide bonds. The normalized spacial score (nSPS) is 15.1. The number of amides is 1. The van der Waals surface area contributed by atoms with Gasteiger partial charge in [-0.2, -0.15) is 0 Å². The lowest BCUT2D eigenvalue weighted by atomic mass is 9.95. The quantitative estimate of drug-likeness (QED) is 0.424. The van der Waals surface area contributed by atoms with E-state index in [2.05, 4.69) is 21.0 Å². The molecule has 1 aliphatic rings. The monoisotopic (exact) mass is 517 g/mol. The Morgan fingerprint density at radius 1 is 0.941 bits per heavy atom. The molecule has 178 valence electrons. The average Bonchev–Trinajstić information content (AvgIpc) is 2.81. The molecule has 0 radical (unpaired) electrons. The second-order valence-electron chi connectivity index (χ2n) is 8.28. The van der Waals surface area contributed by atoms with Gasteiger partial charge in [-0.25, -0.2) is 8.42 Å². The number of para-hydroxylation sites is 1. The van der Waals surface area contributed by atoms with Gasteiger partial charge in [-0.05, 0) is 80.0 Å². The summed E-state index contributed by atoms with van der Waals surface area (Å²) in [7, 11) is -3.80. The third kappa shape index (κ3) is 6.30. The van der Waals surface area contributed by atoms with Gasteiger partial charge in [-0.3, -0.25) is 14.4 Å². The van der Waals surface area contributed by atoms with Crippen molar-refractivity contribution in [2.45, 2.75) is 24.3 Å². The van der Waals surface area contributed by atoms with E-state index >= 15 is 0 Å². The highest BCUT2D eigenvalue weighted by Gasteiger charge is 2.25. The maximum Gasteiger partial charge on any atom is 0.261 e. The van der Waals surface area contributed by atoms with Crippen molar-refractivity contribution < 1.29 is 13.2 Å². The third-order valence-electron chi connectivity index (χ3n) is 5.80. The van der Waals surface area contributed by atoms with E-state index in [1.165, 1.54) is 12.1 Å². The van der Waals surface area contributed by atoms with Gasteiger partial charge in [0.2, 0.25) is 5.91 Å². The van der Waals surface area contributed by atoms with E-state index in [9.17, 15) is 13.2 Å². The van der Waals surface area contributed by atoms with Crippen LogP contribution in [0, 0.1) is 5.92 Å². The maximum atomic E-state index is 12.7. The molecule has 6 nitrogen and oxygen atoms in total. The molecule has 2 N–H and O–H groups in total. The van der Waals surface area contributed by atoms with Crippen LogP contribution in [0.25, 0.3) is 0 Å². The number of carbonyl (C=O) groups excluding carboxylic acids is 1. The molecule has 1 heterocycles. The second kappa shape index (κ2) is 10.8. The first-order valence-corrected chi connectivity index (χ1v) is 13.2. The van der Waals surface area contributed by atoms with Crippen LogP contribution in [0.3, 0.4) is 0 Å². The summed E-state index contributed by atoms with van der Waals surface area (Å²) in [6.45, 7) is 2.47. The minimum atomic E-state index is -3.80. The predicted molar refractivity (Wildman–Crippen MR) is 137 cm³/mol. The van der Waals surface area contributed by atoms with Crippen LogP contribution in [0.15, 0.2) is 77.7 Å². The number of likely N-dealkylation sites (tertiary alicyclic amines) is 1. The molecule has 0 aliphatic carbocycles. The summed E-state index contributed by atoms with van der Waals surface area (Å²) in [5, 5.41) is 3.95. The van der Waals surface area contributed by atoms with Crippen molar-refractivity contribution in [2.24, 2.45) is 5.92 Å². The molecule has 1 aliphatic heterocycles. The van der Waals surface area contributed by atoms with E-state index in [1.54, 1.807) is 36.4 Å². The summed E-state index contributed by atoms with van der Waals surface area (Å²) in [6.07, 6.45) is 1.53. The number of hydrogen-bond acceptors (Lipinski definition) is 4. The van der Waals surface area contributed by atoms with Crippen LogP contribution < -0.4 is 10.0 Å². The molecule has 0 saturated carbocycles. The molecule has 0 bridgehead atoms. The fourth-order valence-corrected chi connectivity index (χ4v) is 5.49. The molecule has 0 unspecified atom stereocenters. The van der Waals surface area contributed by atoms with Crippen molar-refractivity contribution in [3.63, 3.8) is 0 Å². The molecular formula is C25H25Cl2N3O3S. The van der Waals surface area contributed by atoms with Crippen LogP contribution >= 0.6 is 23.2 Å². The molecule has 0 spiro atoms. The Kier molecular flexibility index (Phi) is 7.78. The Labute approximate surface area is 209 Å². The van der Waals surface area contributed by atoms with Gasteiger partial charge in [0, 0.05) is 23.2 Å². The number of rotatable bonds is 7. The van der Waals surface area contributed by atoms with Gasteiger partial charge in [0.25, 0.3) is 10.0 Å². The Morgan fingerprint density at radius 2 is 1.65 bits per heavy atom. The maximum absolute atomic E-state index is 12.7. The smallest absolute Gasteiger partial charge is 0.261 e. The number of benzene rings is 3. The Balaban J connectivity index is 1.30. The van der Waals surface area contributed by atoms with Gasteiger partial charge >= 0.3 is 0 Å². The molecule has 0 aromatic heterocycles. The van der Waals surface area contributed by atoms with E-state index in [4.69, 9.17) is 23.2 Å². The van der Waals surface area contributed by atoms with E-state index in [1.807, 2.05) is 18.2 Å². The van der Waals surface area contributed by atoms with Crippen LogP contribution in [-0.4, -0.2) is 32.3 Å².